The van der Waals surface area contributed by atoms with Gasteiger partial charge in [0.2, 0.25) is 10.0 Å². The lowest BCUT2D eigenvalue weighted by Crippen LogP contribution is -2.35. The summed E-state index contributed by atoms with van der Waals surface area (Å²) < 4.78 is 31.1. The zero-order chi connectivity index (χ0) is 18.2. The van der Waals surface area contributed by atoms with Crippen molar-refractivity contribution in [2.75, 3.05) is 13.1 Å². The molecule has 0 aliphatic heterocycles. The van der Waals surface area contributed by atoms with Gasteiger partial charge in [0.05, 0.1) is 10.5 Å². The van der Waals surface area contributed by atoms with Gasteiger partial charge in [-0.2, -0.15) is 0 Å². The summed E-state index contributed by atoms with van der Waals surface area (Å²) in [4.78, 5) is 23.6. The number of amides is 1. The third-order valence-electron chi connectivity index (χ3n) is 2.89. The fourth-order valence-electron chi connectivity index (χ4n) is 1.62. The lowest BCUT2D eigenvalue weighted by molar-refractivity contribution is -0.128. The van der Waals surface area contributed by atoms with E-state index in [0.29, 0.717) is 0 Å². The van der Waals surface area contributed by atoms with E-state index in [2.05, 4.69) is 23.2 Å². The van der Waals surface area contributed by atoms with Gasteiger partial charge in [-0.05, 0) is 31.2 Å². The summed E-state index contributed by atoms with van der Waals surface area (Å²) in [5.74, 6) is -1.17. The van der Waals surface area contributed by atoms with Crippen LogP contribution in [0.3, 0.4) is 0 Å². The summed E-state index contributed by atoms with van der Waals surface area (Å²) in [6.07, 6.45) is 1.95. The Morgan fingerprint density at radius 2 is 1.75 bits per heavy atom. The number of esters is 1. The molecule has 8 heteroatoms. The van der Waals surface area contributed by atoms with Crippen LogP contribution in [0.1, 0.15) is 17.3 Å². The summed E-state index contributed by atoms with van der Waals surface area (Å²) in [7, 11) is -3.66. The summed E-state index contributed by atoms with van der Waals surface area (Å²) in [6, 6.07) is 5.20. The molecule has 0 saturated carbocycles. The first kappa shape index (κ1) is 19.6. The van der Waals surface area contributed by atoms with E-state index in [1.54, 1.807) is 0 Å². The van der Waals surface area contributed by atoms with Gasteiger partial charge in [0, 0.05) is 13.1 Å². The molecule has 130 valence electrons. The third-order valence-corrected chi connectivity index (χ3v) is 4.33. The van der Waals surface area contributed by atoms with E-state index in [4.69, 9.17) is 4.74 Å². The minimum atomic E-state index is -3.66. The van der Waals surface area contributed by atoms with E-state index in [9.17, 15) is 18.0 Å². The molecule has 2 N–H and O–H groups in total. The van der Waals surface area contributed by atoms with Crippen molar-refractivity contribution in [2.45, 2.75) is 17.9 Å². The highest BCUT2D eigenvalue weighted by Crippen LogP contribution is 2.12. The zero-order valence-electron chi connectivity index (χ0n) is 13.3. The first-order valence-electron chi connectivity index (χ1n) is 7.12. The molecule has 0 aromatic heterocycles. The Kier molecular flexibility index (Phi) is 7.34. The molecule has 1 amide bonds. The largest absolute Gasteiger partial charge is 0.449 e. The minimum Gasteiger partial charge on any atom is -0.449 e. The molecule has 0 saturated heterocycles. The van der Waals surface area contributed by atoms with E-state index in [1.807, 2.05) is 0 Å². The second-order valence-corrected chi connectivity index (χ2v) is 6.51. The lowest BCUT2D eigenvalue weighted by atomic mass is 10.2. The van der Waals surface area contributed by atoms with Crippen LogP contribution in [-0.2, 0) is 19.6 Å². The summed E-state index contributed by atoms with van der Waals surface area (Å²) in [5.41, 5.74) is 0.140. The number of ether oxygens (including phenoxy) is 1. The van der Waals surface area contributed by atoms with Gasteiger partial charge in [0.1, 0.15) is 0 Å². The van der Waals surface area contributed by atoms with Crippen molar-refractivity contribution in [3.63, 3.8) is 0 Å². The standard InChI is InChI=1S/C16H20N2O5S/c1-4-10-17-15(19)12(3)23-16(20)13-6-8-14(9-7-13)24(21,22)18-11-5-2/h4-9,12,18H,1-2,10-11H2,3H3,(H,17,19)/t12-/m1/s1. The van der Waals surface area contributed by atoms with Gasteiger partial charge < -0.3 is 10.1 Å². The Hall–Kier alpha value is -2.45. The van der Waals surface area contributed by atoms with Crippen LogP contribution in [0.2, 0.25) is 0 Å². The van der Waals surface area contributed by atoms with Crippen LogP contribution in [0, 0.1) is 0 Å². The summed E-state index contributed by atoms with van der Waals surface area (Å²) in [5, 5.41) is 2.51. The molecule has 0 aliphatic carbocycles. The van der Waals surface area contributed by atoms with Crippen molar-refractivity contribution in [1.82, 2.24) is 10.0 Å². The van der Waals surface area contributed by atoms with E-state index < -0.39 is 28.0 Å². The average molecular weight is 352 g/mol. The van der Waals surface area contributed by atoms with Crippen molar-refractivity contribution in [3.05, 3.63) is 55.1 Å². The van der Waals surface area contributed by atoms with Crippen LogP contribution in [0.25, 0.3) is 0 Å². The maximum absolute atomic E-state index is 12.0. The lowest BCUT2D eigenvalue weighted by Gasteiger charge is -2.13. The van der Waals surface area contributed by atoms with E-state index in [1.165, 1.54) is 43.3 Å². The van der Waals surface area contributed by atoms with Gasteiger partial charge >= 0.3 is 5.97 Å². The predicted molar refractivity (Wildman–Crippen MR) is 89.9 cm³/mol. The molecular weight excluding hydrogens is 332 g/mol. The topological polar surface area (TPSA) is 102 Å². The number of benzene rings is 1. The van der Waals surface area contributed by atoms with E-state index in [-0.39, 0.29) is 23.5 Å². The summed E-state index contributed by atoms with van der Waals surface area (Å²) in [6.45, 7) is 8.70. The molecular formula is C16H20N2O5S. The minimum absolute atomic E-state index is 0.0117. The van der Waals surface area contributed by atoms with Gasteiger partial charge in [0.25, 0.3) is 5.91 Å². The molecule has 0 aliphatic rings. The quantitative estimate of drug-likeness (QED) is 0.510. The Balaban J connectivity index is 2.75. The SMILES string of the molecule is C=CCNC(=O)[C@@H](C)OC(=O)c1ccc(S(=O)(=O)NCC=C)cc1. The van der Waals surface area contributed by atoms with E-state index >= 15 is 0 Å². The fourth-order valence-corrected chi connectivity index (χ4v) is 2.62. The predicted octanol–water partition coefficient (Wildman–Crippen LogP) is 0.998. The zero-order valence-corrected chi connectivity index (χ0v) is 14.1. The molecule has 0 fully saturated rings. The van der Waals surface area contributed by atoms with Crippen molar-refractivity contribution < 1.29 is 22.7 Å². The normalized spacial score (nSPS) is 12.0. The van der Waals surface area contributed by atoms with Gasteiger partial charge in [-0.15, -0.1) is 13.2 Å². The van der Waals surface area contributed by atoms with Crippen LogP contribution >= 0.6 is 0 Å². The number of hydrogen-bond donors (Lipinski definition) is 2. The number of hydrogen-bond acceptors (Lipinski definition) is 5. The Labute approximate surface area is 141 Å². The van der Waals surface area contributed by atoms with Gasteiger partial charge in [0.15, 0.2) is 6.10 Å². The van der Waals surface area contributed by atoms with Crippen LogP contribution in [0.5, 0.6) is 0 Å². The highest BCUT2D eigenvalue weighted by Gasteiger charge is 2.19. The average Bonchev–Trinajstić information content (AvgIpc) is 2.57. The summed E-state index contributed by atoms with van der Waals surface area (Å²) >= 11 is 0. The monoisotopic (exact) mass is 352 g/mol. The maximum Gasteiger partial charge on any atom is 0.338 e. The second kappa shape index (κ2) is 8.99. The highest BCUT2D eigenvalue weighted by atomic mass is 32.2. The molecule has 1 rings (SSSR count). The Morgan fingerprint density at radius 1 is 1.17 bits per heavy atom. The molecule has 0 heterocycles. The van der Waals surface area contributed by atoms with Gasteiger partial charge in [-0.1, -0.05) is 12.2 Å². The van der Waals surface area contributed by atoms with Crippen LogP contribution in [0.4, 0.5) is 0 Å². The smallest absolute Gasteiger partial charge is 0.338 e. The molecule has 7 nitrogen and oxygen atoms in total. The van der Waals surface area contributed by atoms with Crippen molar-refractivity contribution in [1.29, 1.82) is 0 Å². The Bertz CT molecular complexity index is 710. The third kappa shape index (κ3) is 5.64. The fraction of sp³-hybridized carbons (Fsp3) is 0.250. The number of rotatable bonds is 9. The molecule has 0 radical (unpaired) electrons. The first-order valence-corrected chi connectivity index (χ1v) is 8.60. The molecule has 1 atom stereocenters. The first-order chi connectivity index (χ1) is 11.3. The number of nitrogens with one attached hydrogen (secondary N) is 2. The van der Waals surface area contributed by atoms with Crippen LogP contribution in [-0.4, -0.2) is 39.5 Å². The van der Waals surface area contributed by atoms with Gasteiger partial charge in [-0.3, -0.25) is 4.79 Å². The van der Waals surface area contributed by atoms with Crippen LogP contribution < -0.4 is 10.0 Å². The van der Waals surface area contributed by atoms with Crippen molar-refractivity contribution in [2.24, 2.45) is 0 Å². The molecule has 0 unspecified atom stereocenters. The molecule has 0 spiro atoms. The molecule has 0 bridgehead atoms. The van der Waals surface area contributed by atoms with Crippen molar-refractivity contribution in [3.8, 4) is 0 Å². The second-order valence-electron chi connectivity index (χ2n) is 4.75. The van der Waals surface area contributed by atoms with Gasteiger partial charge in [-0.25, -0.2) is 17.9 Å². The number of sulfonamides is 1. The highest BCUT2D eigenvalue weighted by molar-refractivity contribution is 7.89. The maximum atomic E-state index is 12.0. The van der Waals surface area contributed by atoms with Crippen molar-refractivity contribution >= 4 is 21.9 Å². The molecule has 1 aromatic carbocycles. The number of carbonyl (C=O) groups excluding carboxylic acids is 2. The Morgan fingerprint density at radius 3 is 2.29 bits per heavy atom. The number of carbonyl (C=O) groups is 2. The van der Waals surface area contributed by atoms with Crippen LogP contribution in [0.15, 0.2) is 54.5 Å². The van der Waals surface area contributed by atoms with E-state index in [0.717, 1.165) is 0 Å². The molecule has 1 aromatic rings. The molecule has 24 heavy (non-hydrogen) atoms.